The van der Waals surface area contributed by atoms with Crippen molar-refractivity contribution in [3.63, 3.8) is 0 Å². The zero-order chi connectivity index (χ0) is 22.8. The second-order valence-electron chi connectivity index (χ2n) is 7.80. The number of carbonyl (C=O) groups is 1. The average Bonchev–Trinajstić information content (AvgIpc) is 3.13. The Hall–Kier alpha value is -3.50. The van der Waals surface area contributed by atoms with Crippen LogP contribution in [-0.2, 0) is 0 Å². The van der Waals surface area contributed by atoms with E-state index in [-0.39, 0.29) is 5.91 Å². The van der Waals surface area contributed by atoms with Gasteiger partial charge in [0.2, 0.25) is 0 Å². The molecule has 0 saturated heterocycles. The molecule has 32 heavy (non-hydrogen) atoms. The first-order chi connectivity index (χ1) is 15.4. The zero-order valence-corrected chi connectivity index (χ0v) is 19.3. The maximum absolute atomic E-state index is 13.3. The minimum atomic E-state index is -0.161. The number of anilines is 1. The summed E-state index contributed by atoms with van der Waals surface area (Å²) in [4.78, 5) is 13.3. The van der Waals surface area contributed by atoms with Crippen molar-refractivity contribution in [3.8, 4) is 22.7 Å². The Bertz CT molecular complexity index is 1290. The molecule has 0 saturated carbocycles. The van der Waals surface area contributed by atoms with Crippen LogP contribution in [0.15, 0.2) is 72.8 Å². The van der Waals surface area contributed by atoms with Crippen molar-refractivity contribution in [3.05, 3.63) is 100 Å². The average molecular weight is 445 g/mol. The molecule has 0 unspecified atom stereocenters. The highest BCUT2D eigenvalue weighted by Gasteiger charge is 2.21. The summed E-state index contributed by atoms with van der Waals surface area (Å²) in [6.45, 7) is 6.02. The summed E-state index contributed by atoms with van der Waals surface area (Å²) in [7, 11) is 1.64. The van der Waals surface area contributed by atoms with Crippen molar-refractivity contribution >= 4 is 23.2 Å². The highest BCUT2D eigenvalue weighted by Crippen LogP contribution is 2.33. The van der Waals surface area contributed by atoms with E-state index >= 15 is 0 Å². The molecule has 0 spiro atoms. The van der Waals surface area contributed by atoms with E-state index in [4.69, 9.17) is 16.3 Å². The number of rotatable bonds is 5. The molecule has 1 N–H and O–H groups in total. The van der Waals surface area contributed by atoms with E-state index in [2.05, 4.69) is 12.2 Å². The van der Waals surface area contributed by atoms with Crippen LogP contribution in [0.25, 0.3) is 16.9 Å². The van der Waals surface area contributed by atoms with Crippen LogP contribution >= 0.6 is 11.6 Å². The van der Waals surface area contributed by atoms with E-state index in [1.807, 2.05) is 91.2 Å². The standard InChI is InChI=1S/C27H25ClN2O2/c1-17-9-12-21(15-18(17)2)29-27(31)23-16-26(20-10-13-22(32-4)14-11-20)30(19(23)3)25-8-6-5-7-24(25)28/h5-16H,1-4H3,(H,29,31). The number of para-hydroxylation sites is 1. The summed E-state index contributed by atoms with van der Waals surface area (Å²) >= 11 is 6.55. The van der Waals surface area contributed by atoms with E-state index in [1.165, 1.54) is 5.56 Å². The number of ether oxygens (including phenoxy) is 1. The lowest BCUT2D eigenvalue weighted by atomic mass is 10.1. The fraction of sp³-hybridized carbons (Fsp3) is 0.148. The molecule has 0 bridgehead atoms. The Morgan fingerprint density at radius 1 is 0.906 bits per heavy atom. The monoisotopic (exact) mass is 444 g/mol. The van der Waals surface area contributed by atoms with Gasteiger partial charge < -0.3 is 14.6 Å². The lowest BCUT2D eigenvalue weighted by molar-refractivity contribution is 0.102. The Kier molecular flexibility index (Phi) is 6.06. The number of carbonyl (C=O) groups excluding carboxylic acids is 1. The van der Waals surface area contributed by atoms with E-state index in [0.29, 0.717) is 10.6 Å². The predicted molar refractivity (Wildman–Crippen MR) is 131 cm³/mol. The van der Waals surface area contributed by atoms with Gasteiger partial charge in [0.25, 0.3) is 5.91 Å². The maximum atomic E-state index is 13.3. The van der Waals surface area contributed by atoms with Crippen molar-refractivity contribution in [1.82, 2.24) is 4.57 Å². The Morgan fingerprint density at radius 3 is 2.28 bits per heavy atom. The van der Waals surface area contributed by atoms with E-state index in [9.17, 15) is 4.79 Å². The van der Waals surface area contributed by atoms with Crippen LogP contribution in [-0.4, -0.2) is 17.6 Å². The molecular formula is C27H25ClN2O2. The summed E-state index contributed by atoms with van der Waals surface area (Å²) in [6, 6.07) is 23.2. The first kappa shape index (κ1) is 21.7. The first-order valence-corrected chi connectivity index (χ1v) is 10.8. The van der Waals surface area contributed by atoms with E-state index < -0.39 is 0 Å². The third kappa shape index (κ3) is 4.14. The van der Waals surface area contributed by atoms with Crippen LogP contribution in [0.4, 0.5) is 5.69 Å². The van der Waals surface area contributed by atoms with Gasteiger partial charge in [0.1, 0.15) is 5.75 Å². The molecule has 4 aromatic rings. The number of aromatic nitrogens is 1. The van der Waals surface area contributed by atoms with Gasteiger partial charge in [0.05, 0.1) is 29.1 Å². The van der Waals surface area contributed by atoms with Crippen LogP contribution in [0.3, 0.4) is 0 Å². The summed E-state index contributed by atoms with van der Waals surface area (Å²) < 4.78 is 7.33. The molecule has 1 amide bonds. The lowest BCUT2D eigenvalue weighted by Gasteiger charge is -2.14. The number of hydrogen-bond acceptors (Lipinski definition) is 2. The van der Waals surface area contributed by atoms with Gasteiger partial charge >= 0.3 is 0 Å². The SMILES string of the molecule is COc1ccc(-c2cc(C(=O)Nc3ccc(C)c(C)c3)c(C)n2-c2ccccc2Cl)cc1. The molecule has 4 nitrogen and oxygen atoms in total. The second kappa shape index (κ2) is 8.93. The molecule has 3 aromatic carbocycles. The zero-order valence-electron chi connectivity index (χ0n) is 18.6. The molecule has 4 rings (SSSR count). The van der Waals surface area contributed by atoms with Crippen molar-refractivity contribution in [1.29, 1.82) is 0 Å². The maximum Gasteiger partial charge on any atom is 0.257 e. The number of aryl methyl sites for hydroxylation is 2. The molecule has 1 aromatic heterocycles. The van der Waals surface area contributed by atoms with Gasteiger partial charge in [-0.2, -0.15) is 0 Å². The topological polar surface area (TPSA) is 43.3 Å². The number of nitrogens with zero attached hydrogens (tertiary/aromatic N) is 1. The molecule has 162 valence electrons. The molecule has 0 atom stereocenters. The predicted octanol–water partition coefficient (Wildman–Crippen LogP) is 6.98. The molecule has 0 aliphatic carbocycles. The van der Waals surface area contributed by atoms with E-state index in [0.717, 1.165) is 39.6 Å². The normalized spacial score (nSPS) is 10.8. The van der Waals surface area contributed by atoms with Crippen molar-refractivity contribution < 1.29 is 9.53 Å². The molecule has 0 aliphatic rings. The number of nitrogens with one attached hydrogen (secondary N) is 1. The Morgan fingerprint density at radius 2 is 1.62 bits per heavy atom. The molecule has 0 fully saturated rings. The van der Waals surface area contributed by atoms with Crippen LogP contribution in [0.1, 0.15) is 27.2 Å². The van der Waals surface area contributed by atoms with Gasteiger partial charge in [-0.3, -0.25) is 4.79 Å². The van der Waals surface area contributed by atoms with E-state index in [1.54, 1.807) is 7.11 Å². The largest absolute Gasteiger partial charge is 0.497 e. The third-order valence-corrected chi connectivity index (χ3v) is 6.06. The molecule has 0 radical (unpaired) electrons. The first-order valence-electron chi connectivity index (χ1n) is 10.4. The lowest BCUT2D eigenvalue weighted by Crippen LogP contribution is -2.13. The van der Waals surface area contributed by atoms with Gasteiger partial charge in [0, 0.05) is 11.4 Å². The number of methoxy groups -OCH3 is 1. The third-order valence-electron chi connectivity index (χ3n) is 5.74. The van der Waals surface area contributed by atoms with Gasteiger partial charge in [0.15, 0.2) is 0 Å². The molecule has 0 aliphatic heterocycles. The van der Waals surface area contributed by atoms with Crippen LogP contribution in [0, 0.1) is 20.8 Å². The van der Waals surface area contributed by atoms with Gasteiger partial charge in [-0.05, 0) is 92.1 Å². The van der Waals surface area contributed by atoms with Gasteiger partial charge in [-0.15, -0.1) is 0 Å². The summed E-state index contributed by atoms with van der Waals surface area (Å²) in [5, 5.41) is 3.65. The highest BCUT2D eigenvalue weighted by atomic mass is 35.5. The highest BCUT2D eigenvalue weighted by molar-refractivity contribution is 6.32. The van der Waals surface area contributed by atoms with Crippen LogP contribution in [0.2, 0.25) is 5.02 Å². The fourth-order valence-electron chi connectivity index (χ4n) is 3.77. The fourth-order valence-corrected chi connectivity index (χ4v) is 3.99. The minimum Gasteiger partial charge on any atom is -0.497 e. The number of benzene rings is 3. The molecular weight excluding hydrogens is 420 g/mol. The summed E-state index contributed by atoms with van der Waals surface area (Å²) in [5.74, 6) is 0.611. The number of halogens is 1. The summed E-state index contributed by atoms with van der Waals surface area (Å²) in [6.07, 6.45) is 0. The van der Waals surface area contributed by atoms with Gasteiger partial charge in [-0.25, -0.2) is 0 Å². The van der Waals surface area contributed by atoms with Gasteiger partial charge in [-0.1, -0.05) is 29.8 Å². The second-order valence-corrected chi connectivity index (χ2v) is 8.20. The van der Waals surface area contributed by atoms with Crippen LogP contribution in [0.5, 0.6) is 5.75 Å². The molecule has 5 heteroatoms. The minimum absolute atomic E-state index is 0.161. The Balaban J connectivity index is 1.82. The van der Waals surface area contributed by atoms with Crippen LogP contribution < -0.4 is 10.1 Å². The van der Waals surface area contributed by atoms with Crippen molar-refractivity contribution in [2.75, 3.05) is 12.4 Å². The summed E-state index contributed by atoms with van der Waals surface area (Å²) in [5.41, 5.74) is 7.15. The Labute approximate surface area is 193 Å². The molecule has 1 heterocycles. The smallest absolute Gasteiger partial charge is 0.257 e. The number of amides is 1. The number of hydrogen-bond donors (Lipinski definition) is 1. The van der Waals surface area contributed by atoms with Crippen molar-refractivity contribution in [2.45, 2.75) is 20.8 Å². The van der Waals surface area contributed by atoms with Crippen molar-refractivity contribution in [2.24, 2.45) is 0 Å². The quantitative estimate of drug-likeness (QED) is 0.360.